The molecule has 0 bridgehead atoms. The number of para-hydroxylation sites is 1. The predicted molar refractivity (Wildman–Crippen MR) is 161 cm³/mol. The normalized spacial score (nSPS) is 11.4. The summed E-state index contributed by atoms with van der Waals surface area (Å²) < 4.78 is 1.80. The zero-order valence-electron chi connectivity index (χ0n) is 24.7. The predicted octanol–water partition coefficient (Wildman–Crippen LogP) is 7.48. The van der Waals surface area contributed by atoms with E-state index < -0.39 is 0 Å². The average molecular weight is 531 g/mol. The van der Waals surface area contributed by atoms with Crippen molar-refractivity contribution < 1.29 is 9.59 Å². The largest absolute Gasteiger partial charge is 0.329 e. The Morgan fingerprint density at radius 1 is 0.923 bits per heavy atom. The summed E-state index contributed by atoms with van der Waals surface area (Å²) in [6, 6.07) is 17.8. The lowest BCUT2D eigenvalue weighted by Gasteiger charge is -2.22. The lowest BCUT2D eigenvalue weighted by atomic mass is 9.92. The van der Waals surface area contributed by atoms with Crippen LogP contribution in [0.3, 0.4) is 0 Å². The Hall–Kier alpha value is -3.41. The molecule has 0 saturated heterocycles. The number of nitrogens with one attached hydrogen (secondary N) is 1. The lowest BCUT2D eigenvalue weighted by Crippen LogP contribution is -2.39. The molecule has 1 heterocycles. The Morgan fingerprint density at radius 2 is 1.62 bits per heavy atom. The highest BCUT2D eigenvalue weighted by Gasteiger charge is 2.24. The molecule has 39 heavy (non-hydrogen) atoms. The molecule has 210 valence electrons. The summed E-state index contributed by atoms with van der Waals surface area (Å²) in [6.07, 6.45) is 7.69. The molecular weight excluding hydrogens is 484 g/mol. The summed E-state index contributed by atoms with van der Waals surface area (Å²) in [5, 5.41) is 7.89. The molecule has 0 aliphatic rings. The van der Waals surface area contributed by atoms with E-state index in [0.29, 0.717) is 17.9 Å². The molecule has 2 aromatic carbocycles. The van der Waals surface area contributed by atoms with Crippen molar-refractivity contribution in [1.29, 1.82) is 0 Å². The molecule has 0 atom stereocenters. The molecule has 6 nitrogen and oxygen atoms in total. The minimum atomic E-state index is -0.234. The van der Waals surface area contributed by atoms with Gasteiger partial charge in [-0.15, -0.1) is 0 Å². The standard InChI is InChI=1S/C33H46N4O2/c1-7-9-11-12-16-26-18-20-27(21-19-26)32(39)36(22-10-8-2)24-31(38)34-30-23-29(33(4,5)6)35-37(30)28-17-14-13-15-25(28)3/h13-15,17-21,23H,7-12,16,22,24H2,1-6H3,(H,34,38). The van der Waals surface area contributed by atoms with Crippen molar-refractivity contribution in [3.63, 3.8) is 0 Å². The average Bonchev–Trinajstić information content (AvgIpc) is 3.33. The first-order chi connectivity index (χ1) is 18.6. The van der Waals surface area contributed by atoms with Crippen molar-refractivity contribution in [2.24, 2.45) is 0 Å². The van der Waals surface area contributed by atoms with Gasteiger partial charge in [0.2, 0.25) is 5.91 Å². The highest BCUT2D eigenvalue weighted by atomic mass is 16.2. The minimum Gasteiger partial charge on any atom is -0.329 e. The van der Waals surface area contributed by atoms with E-state index in [-0.39, 0.29) is 23.8 Å². The molecular formula is C33H46N4O2. The van der Waals surface area contributed by atoms with Crippen LogP contribution < -0.4 is 5.32 Å². The van der Waals surface area contributed by atoms with Gasteiger partial charge in [-0.3, -0.25) is 9.59 Å². The zero-order chi connectivity index (χ0) is 28.4. The van der Waals surface area contributed by atoms with Crippen LogP contribution in [0.1, 0.15) is 100 Å². The third-order valence-electron chi connectivity index (χ3n) is 7.01. The summed E-state index contributed by atoms with van der Waals surface area (Å²) in [6.45, 7) is 13.2. The van der Waals surface area contributed by atoms with Crippen LogP contribution in [0.15, 0.2) is 54.6 Å². The zero-order valence-corrected chi connectivity index (χ0v) is 24.7. The maximum absolute atomic E-state index is 13.4. The first kappa shape index (κ1) is 30.1. The van der Waals surface area contributed by atoms with Crippen molar-refractivity contribution in [2.75, 3.05) is 18.4 Å². The molecule has 6 heteroatoms. The van der Waals surface area contributed by atoms with Crippen LogP contribution in [0.5, 0.6) is 0 Å². The molecule has 0 aliphatic carbocycles. The van der Waals surface area contributed by atoms with Gasteiger partial charge < -0.3 is 10.2 Å². The van der Waals surface area contributed by atoms with Crippen molar-refractivity contribution in [2.45, 2.75) is 91.9 Å². The Bertz CT molecular complexity index is 1220. The fraction of sp³-hybridized carbons (Fsp3) is 0.485. The summed E-state index contributed by atoms with van der Waals surface area (Å²) in [7, 11) is 0. The second-order valence-corrected chi connectivity index (χ2v) is 11.5. The van der Waals surface area contributed by atoms with Crippen LogP contribution in [-0.4, -0.2) is 39.6 Å². The highest BCUT2D eigenvalue weighted by Crippen LogP contribution is 2.27. The third-order valence-corrected chi connectivity index (χ3v) is 7.01. The van der Waals surface area contributed by atoms with E-state index in [2.05, 4.69) is 39.9 Å². The molecule has 1 aromatic heterocycles. The monoisotopic (exact) mass is 530 g/mol. The number of aromatic nitrogens is 2. The molecule has 0 spiro atoms. The van der Waals surface area contributed by atoms with Gasteiger partial charge in [0.25, 0.3) is 5.91 Å². The molecule has 0 radical (unpaired) electrons. The maximum Gasteiger partial charge on any atom is 0.254 e. The third kappa shape index (κ3) is 8.54. The molecule has 0 unspecified atom stereocenters. The van der Waals surface area contributed by atoms with Crippen LogP contribution in [0.4, 0.5) is 5.82 Å². The van der Waals surface area contributed by atoms with Gasteiger partial charge in [-0.1, -0.05) is 90.6 Å². The van der Waals surface area contributed by atoms with E-state index in [1.54, 1.807) is 9.58 Å². The van der Waals surface area contributed by atoms with Gasteiger partial charge >= 0.3 is 0 Å². The van der Waals surface area contributed by atoms with E-state index in [1.165, 1.54) is 31.2 Å². The Morgan fingerprint density at radius 3 is 2.26 bits per heavy atom. The molecule has 0 fully saturated rings. The Labute approximate surface area is 234 Å². The Kier molecular flexibility index (Phi) is 10.9. The quantitative estimate of drug-likeness (QED) is 0.233. The summed E-state index contributed by atoms with van der Waals surface area (Å²) in [5.74, 6) is 0.260. The van der Waals surface area contributed by atoms with E-state index in [4.69, 9.17) is 5.10 Å². The number of nitrogens with zero attached hydrogens (tertiary/aromatic N) is 3. The summed E-state index contributed by atoms with van der Waals surface area (Å²) in [4.78, 5) is 28.4. The summed E-state index contributed by atoms with van der Waals surface area (Å²) >= 11 is 0. The topological polar surface area (TPSA) is 67.2 Å². The number of hydrogen-bond acceptors (Lipinski definition) is 3. The second-order valence-electron chi connectivity index (χ2n) is 11.5. The first-order valence-electron chi connectivity index (χ1n) is 14.5. The van der Waals surface area contributed by atoms with E-state index in [1.807, 2.05) is 61.5 Å². The number of benzene rings is 2. The molecule has 3 rings (SSSR count). The minimum absolute atomic E-state index is 0.0125. The molecule has 0 aliphatic heterocycles. The number of aryl methyl sites for hydroxylation is 2. The number of carbonyl (C=O) groups is 2. The number of hydrogen-bond donors (Lipinski definition) is 1. The fourth-order valence-corrected chi connectivity index (χ4v) is 4.53. The van der Waals surface area contributed by atoms with Gasteiger partial charge in [0.05, 0.1) is 11.4 Å². The van der Waals surface area contributed by atoms with Gasteiger partial charge in [0.15, 0.2) is 0 Å². The van der Waals surface area contributed by atoms with Gasteiger partial charge in [-0.25, -0.2) is 4.68 Å². The first-order valence-corrected chi connectivity index (χ1v) is 14.5. The number of rotatable bonds is 13. The van der Waals surface area contributed by atoms with E-state index >= 15 is 0 Å². The van der Waals surface area contributed by atoms with Gasteiger partial charge in [-0.2, -0.15) is 5.10 Å². The number of carbonyl (C=O) groups excluding carboxylic acids is 2. The van der Waals surface area contributed by atoms with Crippen molar-refractivity contribution in [3.8, 4) is 5.69 Å². The van der Waals surface area contributed by atoms with E-state index in [0.717, 1.165) is 36.2 Å². The lowest BCUT2D eigenvalue weighted by molar-refractivity contribution is -0.117. The van der Waals surface area contributed by atoms with Crippen LogP contribution in [0.25, 0.3) is 5.69 Å². The van der Waals surface area contributed by atoms with Crippen molar-refractivity contribution in [3.05, 3.63) is 77.0 Å². The SMILES string of the molecule is CCCCCCc1ccc(C(=O)N(CCCC)CC(=O)Nc2cc(C(C)(C)C)nn2-c2ccccc2C)cc1. The molecule has 1 N–H and O–H groups in total. The van der Waals surface area contributed by atoms with Crippen molar-refractivity contribution >= 4 is 17.6 Å². The fourth-order valence-electron chi connectivity index (χ4n) is 4.53. The highest BCUT2D eigenvalue weighted by molar-refractivity contribution is 5.99. The number of anilines is 1. The van der Waals surface area contributed by atoms with E-state index in [9.17, 15) is 9.59 Å². The van der Waals surface area contributed by atoms with Crippen LogP contribution >= 0.6 is 0 Å². The molecule has 3 aromatic rings. The maximum atomic E-state index is 13.4. The Balaban J connectivity index is 1.77. The van der Waals surface area contributed by atoms with Crippen LogP contribution in [0.2, 0.25) is 0 Å². The summed E-state index contributed by atoms with van der Waals surface area (Å²) in [5.41, 5.74) is 4.55. The van der Waals surface area contributed by atoms with Crippen LogP contribution in [0, 0.1) is 6.92 Å². The van der Waals surface area contributed by atoms with Crippen molar-refractivity contribution in [1.82, 2.24) is 14.7 Å². The van der Waals surface area contributed by atoms with Gasteiger partial charge in [-0.05, 0) is 55.5 Å². The van der Waals surface area contributed by atoms with Gasteiger partial charge in [0.1, 0.15) is 12.4 Å². The number of amides is 2. The number of unbranched alkanes of at least 4 members (excludes halogenated alkanes) is 4. The molecule has 2 amide bonds. The van der Waals surface area contributed by atoms with Gasteiger partial charge in [0, 0.05) is 23.6 Å². The van der Waals surface area contributed by atoms with Crippen LogP contribution in [-0.2, 0) is 16.6 Å². The molecule has 0 saturated carbocycles. The smallest absolute Gasteiger partial charge is 0.254 e. The second kappa shape index (κ2) is 14.1.